The summed E-state index contributed by atoms with van der Waals surface area (Å²) in [6, 6.07) is 4.27. The molecule has 0 aliphatic carbocycles. The summed E-state index contributed by atoms with van der Waals surface area (Å²) in [5.74, 6) is 2.07. The number of halogens is 1. The normalized spacial score (nSPS) is 15.8. The van der Waals surface area contributed by atoms with Gasteiger partial charge in [-0.3, -0.25) is 0 Å². The van der Waals surface area contributed by atoms with Gasteiger partial charge in [-0.15, -0.1) is 0 Å². The molecule has 1 aliphatic rings. The van der Waals surface area contributed by atoms with Crippen LogP contribution in [0.5, 0.6) is 5.75 Å². The van der Waals surface area contributed by atoms with Crippen LogP contribution in [0, 0.1) is 5.82 Å². The van der Waals surface area contributed by atoms with Crippen LogP contribution in [0.15, 0.2) is 18.2 Å². The molecule has 0 saturated carbocycles. The van der Waals surface area contributed by atoms with Gasteiger partial charge in [0.15, 0.2) is 0 Å². The monoisotopic (exact) mass is 312 g/mol. The molecule has 2 N–H and O–H groups in total. The molecular formula is C15H21FN2O2S. The van der Waals surface area contributed by atoms with E-state index >= 15 is 0 Å². The van der Waals surface area contributed by atoms with E-state index in [0.717, 1.165) is 24.3 Å². The van der Waals surface area contributed by atoms with Gasteiger partial charge in [0.1, 0.15) is 11.6 Å². The molecule has 0 unspecified atom stereocenters. The van der Waals surface area contributed by atoms with E-state index in [2.05, 4.69) is 10.6 Å². The fraction of sp³-hybridized carbons (Fsp3) is 0.533. The largest absolute Gasteiger partial charge is 0.491 e. The van der Waals surface area contributed by atoms with E-state index in [9.17, 15) is 9.18 Å². The van der Waals surface area contributed by atoms with E-state index in [0.29, 0.717) is 5.75 Å². The van der Waals surface area contributed by atoms with Crippen LogP contribution in [-0.2, 0) is 0 Å². The molecule has 0 radical (unpaired) electrons. The van der Waals surface area contributed by atoms with Crippen molar-refractivity contribution in [1.82, 2.24) is 5.32 Å². The second-order valence-corrected chi connectivity index (χ2v) is 6.52. The SMILES string of the molecule is CC(C)Oc1ccc(NC(=O)NC2CCSCC2)c(F)c1. The molecule has 2 rings (SSSR count). The highest BCUT2D eigenvalue weighted by molar-refractivity contribution is 7.99. The van der Waals surface area contributed by atoms with Crippen molar-refractivity contribution in [2.45, 2.75) is 38.8 Å². The zero-order chi connectivity index (χ0) is 15.2. The van der Waals surface area contributed by atoms with Crippen LogP contribution in [0.1, 0.15) is 26.7 Å². The van der Waals surface area contributed by atoms with E-state index in [4.69, 9.17) is 4.74 Å². The maximum atomic E-state index is 13.9. The lowest BCUT2D eigenvalue weighted by Gasteiger charge is -2.22. The summed E-state index contributed by atoms with van der Waals surface area (Å²) in [7, 11) is 0. The first-order valence-corrected chi connectivity index (χ1v) is 8.31. The summed E-state index contributed by atoms with van der Waals surface area (Å²) in [5, 5.41) is 5.43. The van der Waals surface area contributed by atoms with Gasteiger partial charge in [-0.05, 0) is 50.3 Å². The van der Waals surface area contributed by atoms with Gasteiger partial charge in [0.25, 0.3) is 0 Å². The molecule has 6 heteroatoms. The topological polar surface area (TPSA) is 50.4 Å². The third-order valence-electron chi connectivity index (χ3n) is 3.12. The van der Waals surface area contributed by atoms with Crippen LogP contribution in [-0.4, -0.2) is 29.7 Å². The fourth-order valence-electron chi connectivity index (χ4n) is 2.13. The molecule has 0 spiro atoms. The maximum absolute atomic E-state index is 13.9. The molecule has 0 bridgehead atoms. The van der Waals surface area contributed by atoms with Crippen LogP contribution in [0.3, 0.4) is 0 Å². The highest BCUT2D eigenvalue weighted by atomic mass is 32.2. The molecule has 21 heavy (non-hydrogen) atoms. The van der Waals surface area contributed by atoms with Crippen LogP contribution < -0.4 is 15.4 Å². The van der Waals surface area contributed by atoms with Crippen molar-refractivity contribution in [3.63, 3.8) is 0 Å². The van der Waals surface area contributed by atoms with Crippen LogP contribution in [0.2, 0.25) is 0 Å². The Balaban J connectivity index is 1.90. The van der Waals surface area contributed by atoms with E-state index in [1.807, 2.05) is 25.6 Å². The Bertz CT molecular complexity index is 491. The molecular weight excluding hydrogens is 291 g/mol. The predicted molar refractivity (Wildman–Crippen MR) is 84.7 cm³/mol. The van der Waals surface area contributed by atoms with E-state index in [-0.39, 0.29) is 23.9 Å². The Labute approximate surface area is 128 Å². The highest BCUT2D eigenvalue weighted by Gasteiger charge is 2.16. The minimum absolute atomic E-state index is 0.0179. The average Bonchev–Trinajstić information content (AvgIpc) is 2.42. The highest BCUT2D eigenvalue weighted by Crippen LogP contribution is 2.22. The summed E-state index contributed by atoms with van der Waals surface area (Å²) >= 11 is 1.89. The molecule has 1 saturated heterocycles. The van der Waals surface area contributed by atoms with Gasteiger partial charge in [0.05, 0.1) is 11.8 Å². The number of benzene rings is 1. The third kappa shape index (κ3) is 5.12. The molecule has 1 fully saturated rings. The first kappa shape index (κ1) is 15.9. The van der Waals surface area contributed by atoms with Crippen molar-refractivity contribution < 1.29 is 13.9 Å². The van der Waals surface area contributed by atoms with Crippen molar-refractivity contribution in [1.29, 1.82) is 0 Å². The van der Waals surface area contributed by atoms with Crippen LogP contribution in [0.25, 0.3) is 0 Å². The number of hydrogen-bond donors (Lipinski definition) is 2. The lowest BCUT2D eigenvalue weighted by molar-refractivity contribution is 0.241. The van der Waals surface area contributed by atoms with Gasteiger partial charge in [0.2, 0.25) is 0 Å². The first-order valence-electron chi connectivity index (χ1n) is 7.16. The second-order valence-electron chi connectivity index (χ2n) is 5.29. The minimum Gasteiger partial charge on any atom is -0.491 e. The Hall–Kier alpha value is -1.43. The lowest BCUT2D eigenvalue weighted by Crippen LogP contribution is -2.40. The predicted octanol–water partition coefficient (Wildman–Crippen LogP) is 3.63. The first-order chi connectivity index (χ1) is 10.0. The quantitative estimate of drug-likeness (QED) is 0.892. The number of nitrogens with one attached hydrogen (secondary N) is 2. The smallest absolute Gasteiger partial charge is 0.319 e. The molecule has 2 amide bonds. The van der Waals surface area contributed by atoms with Gasteiger partial charge in [-0.1, -0.05) is 0 Å². The third-order valence-corrected chi connectivity index (χ3v) is 4.17. The minimum atomic E-state index is -0.498. The van der Waals surface area contributed by atoms with Crippen molar-refractivity contribution in [3.8, 4) is 5.75 Å². The van der Waals surface area contributed by atoms with Gasteiger partial charge in [0, 0.05) is 12.1 Å². The van der Waals surface area contributed by atoms with Crippen LogP contribution in [0.4, 0.5) is 14.9 Å². The van der Waals surface area contributed by atoms with E-state index in [1.54, 1.807) is 6.07 Å². The summed E-state index contributed by atoms with van der Waals surface area (Å²) in [6.07, 6.45) is 1.90. The standard InChI is InChI=1S/C15H21FN2O2S/c1-10(2)20-12-3-4-14(13(16)9-12)18-15(19)17-11-5-7-21-8-6-11/h3-4,9-11H,5-8H2,1-2H3,(H2,17,18,19). The molecule has 116 valence electrons. The molecule has 0 atom stereocenters. The Morgan fingerprint density at radius 2 is 2.10 bits per heavy atom. The van der Waals surface area contributed by atoms with Crippen molar-refractivity contribution in [2.75, 3.05) is 16.8 Å². The lowest BCUT2D eigenvalue weighted by atomic mass is 10.2. The molecule has 1 aliphatic heterocycles. The van der Waals surface area contributed by atoms with Gasteiger partial charge < -0.3 is 15.4 Å². The number of hydrogen-bond acceptors (Lipinski definition) is 3. The van der Waals surface area contributed by atoms with Gasteiger partial charge in [-0.2, -0.15) is 11.8 Å². The molecule has 0 aromatic heterocycles. The number of amides is 2. The second kappa shape index (κ2) is 7.54. The molecule has 1 heterocycles. The number of carbonyl (C=O) groups is 1. The summed E-state index contributed by atoms with van der Waals surface area (Å²) in [4.78, 5) is 11.9. The molecule has 1 aromatic rings. The number of ether oxygens (including phenoxy) is 1. The van der Waals surface area contributed by atoms with E-state index < -0.39 is 5.82 Å². The Morgan fingerprint density at radius 1 is 1.38 bits per heavy atom. The fourth-order valence-corrected chi connectivity index (χ4v) is 3.23. The Morgan fingerprint density at radius 3 is 2.71 bits per heavy atom. The molecule has 4 nitrogen and oxygen atoms in total. The zero-order valence-electron chi connectivity index (χ0n) is 12.3. The number of carbonyl (C=O) groups excluding carboxylic acids is 1. The summed E-state index contributed by atoms with van der Waals surface area (Å²) in [5.41, 5.74) is 0.161. The van der Waals surface area contributed by atoms with Crippen molar-refractivity contribution in [2.24, 2.45) is 0 Å². The summed E-state index contributed by atoms with van der Waals surface area (Å²) < 4.78 is 19.3. The van der Waals surface area contributed by atoms with Crippen molar-refractivity contribution >= 4 is 23.5 Å². The number of urea groups is 1. The van der Waals surface area contributed by atoms with Gasteiger partial charge in [-0.25, -0.2) is 9.18 Å². The van der Waals surface area contributed by atoms with E-state index in [1.165, 1.54) is 12.1 Å². The number of anilines is 1. The van der Waals surface area contributed by atoms with Gasteiger partial charge >= 0.3 is 6.03 Å². The van der Waals surface area contributed by atoms with Crippen molar-refractivity contribution in [3.05, 3.63) is 24.0 Å². The molecule has 1 aromatic carbocycles. The maximum Gasteiger partial charge on any atom is 0.319 e. The summed E-state index contributed by atoms with van der Waals surface area (Å²) in [6.45, 7) is 3.75. The Kier molecular flexibility index (Phi) is 5.73. The number of rotatable bonds is 4. The van der Waals surface area contributed by atoms with Crippen LogP contribution >= 0.6 is 11.8 Å². The average molecular weight is 312 g/mol. The zero-order valence-corrected chi connectivity index (χ0v) is 13.1. The number of thioether (sulfide) groups is 1.